The quantitative estimate of drug-likeness (QED) is 0.742. The molecule has 0 saturated heterocycles. The average Bonchev–Trinajstić information content (AvgIpc) is 2.65. The molecular formula is C19H24N2O4S. The van der Waals surface area contributed by atoms with Crippen molar-refractivity contribution in [1.82, 2.24) is 10.0 Å². The van der Waals surface area contributed by atoms with E-state index < -0.39 is 10.0 Å². The second-order valence-electron chi connectivity index (χ2n) is 5.85. The molecule has 2 aromatic rings. The highest BCUT2D eigenvalue weighted by atomic mass is 32.2. The largest absolute Gasteiger partial charge is 0.494 e. The Morgan fingerprint density at radius 3 is 2.38 bits per heavy atom. The van der Waals surface area contributed by atoms with E-state index in [1.807, 2.05) is 25.1 Å². The topological polar surface area (TPSA) is 84.5 Å². The lowest BCUT2D eigenvalue weighted by molar-refractivity contribution is 0.0951. The molecule has 0 spiro atoms. The van der Waals surface area contributed by atoms with Gasteiger partial charge in [0.25, 0.3) is 5.91 Å². The molecule has 2 rings (SSSR count). The van der Waals surface area contributed by atoms with Crippen LogP contribution in [0.1, 0.15) is 34.8 Å². The van der Waals surface area contributed by atoms with Crippen molar-refractivity contribution in [2.45, 2.75) is 31.7 Å². The molecule has 6 nitrogen and oxygen atoms in total. The van der Waals surface area contributed by atoms with Gasteiger partial charge in [-0.2, -0.15) is 0 Å². The number of rotatable bonds is 8. The van der Waals surface area contributed by atoms with Crippen LogP contribution in [-0.4, -0.2) is 28.0 Å². The maximum atomic E-state index is 12.3. The highest BCUT2D eigenvalue weighted by Crippen LogP contribution is 2.18. The van der Waals surface area contributed by atoms with Crippen LogP contribution in [0, 0.1) is 6.92 Å². The van der Waals surface area contributed by atoms with Gasteiger partial charge in [0, 0.05) is 12.1 Å². The van der Waals surface area contributed by atoms with Crippen LogP contribution in [-0.2, 0) is 16.6 Å². The Morgan fingerprint density at radius 1 is 1.12 bits per heavy atom. The zero-order valence-electron chi connectivity index (χ0n) is 15.2. The molecule has 0 aliphatic heterocycles. The highest BCUT2D eigenvalue weighted by molar-refractivity contribution is 7.89. The van der Waals surface area contributed by atoms with Crippen molar-refractivity contribution in [2.24, 2.45) is 0 Å². The molecule has 0 saturated carbocycles. The third-order valence-corrected chi connectivity index (χ3v) is 5.35. The van der Waals surface area contributed by atoms with Gasteiger partial charge in [0.15, 0.2) is 0 Å². The lowest BCUT2D eigenvalue weighted by Gasteiger charge is -2.11. The summed E-state index contributed by atoms with van der Waals surface area (Å²) in [4.78, 5) is 12.4. The first kappa shape index (κ1) is 19.9. The second-order valence-corrected chi connectivity index (χ2v) is 7.74. The van der Waals surface area contributed by atoms with Crippen LogP contribution in [0.25, 0.3) is 0 Å². The summed E-state index contributed by atoms with van der Waals surface area (Å²) in [5, 5.41) is 2.85. The molecule has 0 fully saturated rings. The van der Waals surface area contributed by atoms with E-state index in [1.54, 1.807) is 0 Å². The third-order valence-electron chi connectivity index (χ3n) is 3.92. The number of ether oxygens (including phenoxy) is 1. The fourth-order valence-electron chi connectivity index (χ4n) is 2.36. The zero-order chi connectivity index (χ0) is 19.2. The van der Waals surface area contributed by atoms with Crippen molar-refractivity contribution >= 4 is 15.9 Å². The molecule has 0 aliphatic carbocycles. The van der Waals surface area contributed by atoms with Crippen LogP contribution in [0.2, 0.25) is 0 Å². The Balaban J connectivity index is 2.00. The first-order valence-corrected chi connectivity index (χ1v) is 9.90. The molecule has 26 heavy (non-hydrogen) atoms. The van der Waals surface area contributed by atoms with Crippen molar-refractivity contribution in [1.29, 1.82) is 0 Å². The number of nitrogens with one attached hydrogen (secondary N) is 2. The summed E-state index contributed by atoms with van der Waals surface area (Å²) in [5.41, 5.74) is 2.44. The standard InChI is InChI=1S/C19H24N2O4S/c1-4-11-25-17-8-5-16(14(2)12-17)13-21-19(22)15-6-9-18(10-7-15)26(23,24)20-3/h5-10,12,20H,4,11,13H2,1-3H3,(H,21,22). The van der Waals surface area contributed by atoms with Gasteiger partial charge in [-0.05, 0) is 67.9 Å². The van der Waals surface area contributed by atoms with E-state index >= 15 is 0 Å². The molecule has 0 radical (unpaired) electrons. The van der Waals surface area contributed by atoms with Crippen molar-refractivity contribution in [3.05, 3.63) is 59.2 Å². The Morgan fingerprint density at radius 2 is 1.81 bits per heavy atom. The number of carbonyl (C=O) groups is 1. The zero-order valence-corrected chi connectivity index (χ0v) is 16.0. The van der Waals surface area contributed by atoms with Crippen molar-refractivity contribution in [3.63, 3.8) is 0 Å². The van der Waals surface area contributed by atoms with E-state index in [0.29, 0.717) is 18.7 Å². The van der Waals surface area contributed by atoms with Crippen molar-refractivity contribution in [2.75, 3.05) is 13.7 Å². The molecule has 0 heterocycles. The number of carbonyl (C=O) groups excluding carboxylic acids is 1. The lowest BCUT2D eigenvalue weighted by Crippen LogP contribution is -2.23. The van der Waals surface area contributed by atoms with Gasteiger partial charge in [-0.3, -0.25) is 4.79 Å². The maximum Gasteiger partial charge on any atom is 0.251 e. The van der Waals surface area contributed by atoms with Crippen molar-refractivity contribution < 1.29 is 17.9 Å². The molecule has 7 heteroatoms. The molecule has 0 atom stereocenters. The van der Waals surface area contributed by atoms with Crippen LogP contribution in [0.5, 0.6) is 5.75 Å². The van der Waals surface area contributed by atoms with Gasteiger partial charge in [-0.1, -0.05) is 13.0 Å². The predicted octanol–water partition coefficient (Wildman–Crippen LogP) is 2.62. The van der Waals surface area contributed by atoms with Crippen LogP contribution in [0.4, 0.5) is 0 Å². The minimum Gasteiger partial charge on any atom is -0.494 e. The van der Waals surface area contributed by atoms with Gasteiger partial charge in [-0.25, -0.2) is 13.1 Å². The molecule has 0 bridgehead atoms. The number of hydrogen-bond donors (Lipinski definition) is 2. The molecular weight excluding hydrogens is 352 g/mol. The van der Waals surface area contributed by atoms with Crippen LogP contribution in [0.3, 0.4) is 0 Å². The van der Waals surface area contributed by atoms with Gasteiger partial charge in [0.05, 0.1) is 11.5 Å². The number of amides is 1. The van der Waals surface area contributed by atoms with E-state index in [-0.39, 0.29) is 10.8 Å². The molecule has 0 unspecified atom stereocenters. The Kier molecular flexibility index (Phi) is 6.76. The Labute approximate surface area is 154 Å². The van der Waals surface area contributed by atoms with Gasteiger partial charge in [-0.15, -0.1) is 0 Å². The smallest absolute Gasteiger partial charge is 0.251 e. The number of aryl methyl sites for hydroxylation is 1. The predicted molar refractivity (Wildman–Crippen MR) is 101 cm³/mol. The fourth-order valence-corrected chi connectivity index (χ4v) is 3.09. The SMILES string of the molecule is CCCOc1ccc(CNC(=O)c2ccc(S(=O)(=O)NC)cc2)c(C)c1. The summed E-state index contributed by atoms with van der Waals surface area (Å²) >= 11 is 0. The van der Waals surface area contributed by atoms with Crippen LogP contribution in [0.15, 0.2) is 47.4 Å². The van der Waals surface area contributed by atoms with Gasteiger partial charge in [0.2, 0.25) is 10.0 Å². The summed E-state index contributed by atoms with van der Waals surface area (Å²) in [6.45, 7) is 5.08. The third kappa shape index (κ3) is 5.06. The van der Waals surface area contributed by atoms with Crippen LogP contribution < -0.4 is 14.8 Å². The van der Waals surface area contributed by atoms with Gasteiger partial charge < -0.3 is 10.1 Å². The number of hydrogen-bond acceptors (Lipinski definition) is 4. The summed E-state index contributed by atoms with van der Waals surface area (Å²) in [6, 6.07) is 11.6. The molecule has 2 aromatic carbocycles. The molecule has 0 aliphatic rings. The Hall–Kier alpha value is -2.38. The Bertz CT molecular complexity index is 862. The molecule has 140 valence electrons. The fraction of sp³-hybridized carbons (Fsp3) is 0.316. The van der Waals surface area contributed by atoms with Crippen LogP contribution >= 0.6 is 0 Å². The monoisotopic (exact) mass is 376 g/mol. The molecule has 0 aromatic heterocycles. The van der Waals surface area contributed by atoms with E-state index in [9.17, 15) is 13.2 Å². The number of benzene rings is 2. The summed E-state index contributed by atoms with van der Waals surface area (Å²) in [6.07, 6.45) is 0.950. The minimum atomic E-state index is -3.51. The first-order valence-electron chi connectivity index (χ1n) is 8.41. The minimum absolute atomic E-state index is 0.120. The normalized spacial score (nSPS) is 11.2. The lowest BCUT2D eigenvalue weighted by atomic mass is 10.1. The van der Waals surface area contributed by atoms with Gasteiger partial charge in [0.1, 0.15) is 5.75 Å². The van der Waals surface area contributed by atoms with Crippen molar-refractivity contribution in [3.8, 4) is 5.75 Å². The molecule has 1 amide bonds. The van der Waals surface area contributed by atoms with E-state index in [4.69, 9.17) is 4.74 Å². The van der Waals surface area contributed by atoms with Gasteiger partial charge >= 0.3 is 0 Å². The molecule has 2 N–H and O–H groups in total. The summed E-state index contributed by atoms with van der Waals surface area (Å²) < 4.78 is 31.2. The van der Waals surface area contributed by atoms with E-state index in [2.05, 4.69) is 17.0 Å². The number of sulfonamides is 1. The second kappa shape index (κ2) is 8.82. The maximum absolute atomic E-state index is 12.3. The summed E-state index contributed by atoms with van der Waals surface area (Å²) in [5.74, 6) is 0.560. The summed E-state index contributed by atoms with van der Waals surface area (Å²) in [7, 11) is -2.16. The highest BCUT2D eigenvalue weighted by Gasteiger charge is 2.12. The first-order chi connectivity index (χ1) is 12.4. The van der Waals surface area contributed by atoms with E-state index in [1.165, 1.54) is 31.3 Å². The average molecular weight is 376 g/mol. The van der Waals surface area contributed by atoms with E-state index in [0.717, 1.165) is 23.3 Å².